The van der Waals surface area contributed by atoms with Gasteiger partial charge >= 0.3 is 5.97 Å². The van der Waals surface area contributed by atoms with Gasteiger partial charge in [-0.2, -0.15) is 0 Å². The molecule has 1 N–H and O–H groups in total. The Morgan fingerprint density at radius 1 is 0.971 bits per heavy atom. The second-order valence-electron chi connectivity index (χ2n) is 7.90. The first kappa shape index (κ1) is 23.8. The standard InChI is InChI=1S/C29H24O6/c1-33-28(29(31)32)17-21-12-10-20(11-13-21)7-5-6-16-34-23-14-15-24-25(30)19-26(35-27(24)18-23)22-8-3-2-4-9-22/h2-4,8-15,18-19,28H,7,16-17H2,1H3,(H,31,32)/t28-/m0/s1. The summed E-state index contributed by atoms with van der Waals surface area (Å²) < 4.78 is 16.7. The van der Waals surface area contributed by atoms with Crippen LogP contribution in [-0.4, -0.2) is 30.9 Å². The molecule has 0 aliphatic carbocycles. The Bertz CT molecular complexity index is 1430. The minimum atomic E-state index is -0.979. The molecule has 0 amide bonds. The minimum Gasteiger partial charge on any atom is -0.481 e. The van der Waals surface area contributed by atoms with E-state index < -0.39 is 12.1 Å². The summed E-state index contributed by atoms with van der Waals surface area (Å²) >= 11 is 0. The normalized spacial score (nSPS) is 11.5. The van der Waals surface area contributed by atoms with Crippen molar-refractivity contribution in [2.75, 3.05) is 13.7 Å². The van der Waals surface area contributed by atoms with Crippen LogP contribution in [0.3, 0.4) is 0 Å². The van der Waals surface area contributed by atoms with Gasteiger partial charge in [0.05, 0.1) is 5.39 Å². The van der Waals surface area contributed by atoms with Crippen LogP contribution in [-0.2, 0) is 22.4 Å². The molecule has 4 rings (SSSR count). The number of benzene rings is 3. The predicted octanol–water partition coefficient (Wildman–Crippen LogP) is 4.73. The van der Waals surface area contributed by atoms with Gasteiger partial charge in [-0.05, 0) is 23.3 Å². The van der Waals surface area contributed by atoms with Crippen LogP contribution in [0.5, 0.6) is 5.75 Å². The molecule has 0 unspecified atom stereocenters. The average Bonchev–Trinajstić information content (AvgIpc) is 2.88. The zero-order chi connectivity index (χ0) is 24.6. The maximum Gasteiger partial charge on any atom is 0.333 e. The first-order valence-corrected chi connectivity index (χ1v) is 11.1. The van der Waals surface area contributed by atoms with Crippen LogP contribution in [0.1, 0.15) is 11.1 Å². The van der Waals surface area contributed by atoms with Gasteiger partial charge in [-0.1, -0.05) is 66.4 Å². The van der Waals surface area contributed by atoms with Crippen molar-refractivity contribution in [1.29, 1.82) is 0 Å². The van der Waals surface area contributed by atoms with Crippen LogP contribution < -0.4 is 10.2 Å². The second-order valence-corrected chi connectivity index (χ2v) is 7.90. The molecule has 35 heavy (non-hydrogen) atoms. The zero-order valence-electron chi connectivity index (χ0n) is 19.2. The van der Waals surface area contributed by atoms with Crippen molar-refractivity contribution in [3.8, 4) is 28.9 Å². The molecule has 0 spiro atoms. The van der Waals surface area contributed by atoms with E-state index >= 15 is 0 Å². The molecule has 0 saturated heterocycles. The largest absolute Gasteiger partial charge is 0.481 e. The average molecular weight is 469 g/mol. The van der Waals surface area contributed by atoms with Gasteiger partial charge in [-0.3, -0.25) is 4.79 Å². The molecule has 0 aliphatic heterocycles. The number of hydrogen-bond donors (Lipinski definition) is 1. The van der Waals surface area contributed by atoms with E-state index in [1.807, 2.05) is 54.6 Å². The number of rotatable bonds is 8. The Morgan fingerprint density at radius 3 is 2.43 bits per heavy atom. The lowest BCUT2D eigenvalue weighted by molar-refractivity contribution is -0.148. The molecule has 0 radical (unpaired) electrons. The van der Waals surface area contributed by atoms with Crippen LogP contribution in [0.4, 0.5) is 0 Å². The molecule has 0 bridgehead atoms. The Morgan fingerprint density at radius 2 is 1.71 bits per heavy atom. The fourth-order valence-corrected chi connectivity index (χ4v) is 3.58. The lowest BCUT2D eigenvalue weighted by atomic mass is 10.0. The zero-order valence-corrected chi connectivity index (χ0v) is 19.2. The summed E-state index contributed by atoms with van der Waals surface area (Å²) in [5, 5.41) is 9.58. The van der Waals surface area contributed by atoms with Gasteiger partial charge in [0.15, 0.2) is 11.5 Å². The third-order valence-electron chi connectivity index (χ3n) is 5.49. The number of carboxylic acids is 1. The maximum atomic E-state index is 12.5. The highest BCUT2D eigenvalue weighted by molar-refractivity contribution is 5.80. The van der Waals surface area contributed by atoms with Crippen molar-refractivity contribution in [3.63, 3.8) is 0 Å². The molecule has 3 aromatic carbocycles. The molecule has 4 aromatic rings. The first-order chi connectivity index (χ1) is 17.0. The minimum absolute atomic E-state index is 0.108. The van der Waals surface area contributed by atoms with Crippen LogP contribution in [0, 0.1) is 11.8 Å². The summed E-state index contributed by atoms with van der Waals surface area (Å²) in [6.07, 6.45) is -0.000866. The van der Waals surface area contributed by atoms with Gasteiger partial charge in [-0.15, -0.1) is 0 Å². The number of aliphatic carboxylic acids is 1. The van der Waals surface area contributed by atoms with E-state index in [0.717, 1.165) is 16.7 Å². The highest BCUT2D eigenvalue weighted by atomic mass is 16.5. The Hall–Kier alpha value is -4.34. The summed E-state index contributed by atoms with van der Waals surface area (Å²) in [5.41, 5.74) is 3.09. The molecule has 1 atom stereocenters. The topological polar surface area (TPSA) is 86.0 Å². The van der Waals surface area contributed by atoms with Crippen molar-refractivity contribution in [2.45, 2.75) is 18.9 Å². The highest BCUT2D eigenvalue weighted by Crippen LogP contribution is 2.24. The Balaban J connectivity index is 1.36. The summed E-state index contributed by atoms with van der Waals surface area (Å²) in [7, 11) is 1.39. The smallest absolute Gasteiger partial charge is 0.333 e. The van der Waals surface area contributed by atoms with Crippen molar-refractivity contribution in [3.05, 3.63) is 100 Å². The number of carbonyl (C=O) groups is 1. The molecule has 6 nitrogen and oxygen atoms in total. The van der Waals surface area contributed by atoms with Gasteiger partial charge in [-0.25, -0.2) is 4.79 Å². The number of hydrogen-bond acceptors (Lipinski definition) is 5. The third-order valence-corrected chi connectivity index (χ3v) is 5.49. The highest BCUT2D eigenvalue weighted by Gasteiger charge is 2.16. The van der Waals surface area contributed by atoms with Crippen molar-refractivity contribution in [1.82, 2.24) is 0 Å². The van der Waals surface area contributed by atoms with E-state index in [4.69, 9.17) is 19.0 Å². The first-order valence-electron chi connectivity index (χ1n) is 11.1. The van der Waals surface area contributed by atoms with E-state index in [1.165, 1.54) is 13.2 Å². The van der Waals surface area contributed by atoms with Crippen LogP contribution in [0.25, 0.3) is 22.3 Å². The lowest BCUT2D eigenvalue weighted by Crippen LogP contribution is -2.24. The van der Waals surface area contributed by atoms with Gasteiger partial charge in [0.2, 0.25) is 0 Å². The number of fused-ring (bicyclic) bond motifs is 1. The molecular weight excluding hydrogens is 444 g/mol. The van der Waals surface area contributed by atoms with Crippen molar-refractivity contribution in [2.24, 2.45) is 0 Å². The fraction of sp³-hybridized carbons (Fsp3) is 0.172. The van der Waals surface area contributed by atoms with Crippen LogP contribution in [0.15, 0.2) is 88.1 Å². The van der Waals surface area contributed by atoms with Crippen molar-refractivity contribution < 1.29 is 23.8 Å². The molecule has 1 aromatic heterocycles. The molecule has 0 fully saturated rings. The quantitative estimate of drug-likeness (QED) is 0.377. The second kappa shape index (κ2) is 11.2. The Labute approximate surface area is 202 Å². The van der Waals surface area contributed by atoms with E-state index in [9.17, 15) is 9.59 Å². The summed E-state index contributed by atoms with van der Waals surface area (Å²) in [6.45, 7) is 0.195. The van der Waals surface area contributed by atoms with E-state index in [-0.39, 0.29) is 12.0 Å². The molecular formula is C29H24O6. The summed E-state index contributed by atoms with van der Waals surface area (Å²) in [6, 6.07) is 23.7. The van der Waals surface area contributed by atoms with Crippen LogP contribution >= 0.6 is 0 Å². The van der Waals surface area contributed by atoms with Gasteiger partial charge in [0.1, 0.15) is 23.7 Å². The summed E-state index contributed by atoms with van der Waals surface area (Å²) in [4.78, 5) is 23.6. The van der Waals surface area contributed by atoms with Gasteiger partial charge in [0, 0.05) is 37.6 Å². The van der Waals surface area contributed by atoms with Gasteiger partial charge < -0.3 is 19.0 Å². The fourth-order valence-electron chi connectivity index (χ4n) is 3.58. The van der Waals surface area contributed by atoms with Crippen molar-refractivity contribution >= 4 is 16.9 Å². The van der Waals surface area contributed by atoms with E-state index in [1.54, 1.807) is 18.2 Å². The number of carboxylic acid groups (broad SMARTS) is 1. The molecule has 0 aliphatic rings. The van der Waals surface area contributed by atoms with Crippen LogP contribution in [0.2, 0.25) is 0 Å². The SMILES string of the molecule is CO[C@@H](Cc1ccc(CC#CCOc2ccc3c(=O)cc(-c4ccccc4)oc3c2)cc1)C(=O)O. The maximum absolute atomic E-state index is 12.5. The Kier molecular flexibility index (Phi) is 7.61. The predicted molar refractivity (Wildman–Crippen MR) is 133 cm³/mol. The molecule has 0 saturated carbocycles. The number of ether oxygens (including phenoxy) is 2. The van der Waals surface area contributed by atoms with Gasteiger partial charge in [0.25, 0.3) is 0 Å². The van der Waals surface area contributed by atoms with E-state index in [0.29, 0.717) is 35.3 Å². The molecule has 1 heterocycles. The molecule has 6 heteroatoms. The lowest BCUT2D eigenvalue weighted by Gasteiger charge is -2.10. The van der Waals surface area contributed by atoms with E-state index in [2.05, 4.69) is 11.8 Å². The summed E-state index contributed by atoms with van der Waals surface area (Å²) in [5.74, 6) is 6.15. The monoisotopic (exact) mass is 468 g/mol. The number of methoxy groups -OCH3 is 1. The molecule has 176 valence electrons. The third kappa shape index (κ3) is 6.17.